The molecule has 0 bridgehead atoms. The van der Waals surface area contributed by atoms with Crippen molar-refractivity contribution in [3.05, 3.63) is 34.1 Å². The monoisotopic (exact) mass is 444 g/mol. The highest BCUT2D eigenvalue weighted by Gasteiger charge is 2.60. The Kier molecular flexibility index (Phi) is 5.13. The van der Waals surface area contributed by atoms with Crippen LogP contribution in [0, 0.1) is 11.2 Å². The van der Waals surface area contributed by atoms with Gasteiger partial charge >= 0.3 is 6.09 Å². The lowest BCUT2D eigenvalue weighted by molar-refractivity contribution is 0.141. The molecule has 1 amide bonds. The quantitative estimate of drug-likeness (QED) is 0.710. The molecule has 2 fully saturated rings. The van der Waals surface area contributed by atoms with Crippen molar-refractivity contribution < 1.29 is 18.8 Å². The number of hydrogen-bond donors (Lipinski definition) is 1. The van der Waals surface area contributed by atoms with Gasteiger partial charge in [0.2, 0.25) is 0 Å². The molecule has 5 nitrogen and oxygen atoms in total. The molecule has 3 rings (SSSR count). The summed E-state index contributed by atoms with van der Waals surface area (Å²) in [6.07, 6.45) is 0.783. The van der Waals surface area contributed by atoms with Gasteiger partial charge in [-0.2, -0.15) is 0 Å². The SMILES string of the molecule is CC(C)(C)[S+]([O-])N=C1C(Cc2cccc(Br)c2F)N(C(=O)O)CC12CC2. The Balaban J connectivity index is 2.00. The van der Waals surface area contributed by atoms with Crippen molar-refractivity contribution in [2.45, 2.75) is 50.8 Å². The zero-order valence-corrected chi connectivity index (χ0v) is 17.4. The topological polar surface area (TPSA) is 76.0 Å². The average Bonchev–Trinajstić information content (AvgIpc) is 3.25. The molecule has 1 aliphatic carbocycles. The first-order valence-corrected chi connectivity index (χ1v) is 10.4. The van der Waals surface area contributed by atoms with E-state index >= 15 is 0 Å². The van der Waals surface area contributed by atoms with E-state index in [1.165, 1.54) is 4.90 Å². The molecule has 142 valence electrons. The molecule has 1 N–H and O–H groups in total. The largest absolute Gasteiger partial charge is 0.591 e. The molecule has 1 saturated heterocycles. The lowest BCUT2D eigenvalue weighted by Crippen LogP contribution is -2.39. The second kappa shape index (κ2) is 6.80. The highest BCUT2D eigenvalue weighted by molar-refractivity contribution is 9.10. The summed E-state index contributed by atoms with van der Waals surface area (Å²) in [5, 5.41) is 9.65. The minimum Gasteiger partial charge on any atom is -0.591 e. The predicted octanol–water partition coefficient (Wildman–Crippen LogP) is 4.18. The average molecular weight is 445 g/mol. The van der Waals surface area contributed by atoms with Crippen LogP contribution in [-0.2, 0) is 17.8 Å². The van der Waals surface area contributed by atoms with Gasteiger partial charge in [-0.1, -0.05) is 16.5 Å². The van der Waals surface area contributed by atoms with Gasteiger partial charge in [0, 0.05) is 18.4 Å². The maximum Gasteiger partial charge on any atom is 0.407 e. The Morgan fingerprint density at radius 1 is 1.50 bits per heavy atom. The van der Waals surface area contributed by atoms with Crippen molar-refractivity contribution in [1.29, 1.82) is 0 Å². The number of hydrogen-bond acceptors (Lipinski definition) is 3. The molecular formula is C18H22BrFN2O3S. The smallest absolute Gasteiger partial charge is 0.407 e. The summed E-state index contributed by atoms with van der Waals surface area (Å²) < 4.78 is 31.3. The lowest BCUT2D eigenvalue weighted by Gasteiger charge is -2.23. The van der Waals surface area contributed by atoms with Crippen LogP contribution in [-0.4, -0.2) is 43.7 Å². The normalized spacial score (nSPS) is 24.3. The first-order chi connectivity index (χ1) is 12.0. The van der Waals surface area contributed by atoms with E-state index in [4.69, 9.17) is 0 Å². The molecule has 8 heteroatoms. The van der Waals surface area contributed by atoms with Crippen LogP contribution in [0.5, 0.6) is 0 Å². The van der Waals surface area contributed by atoms with Crippen LogP contribution in [0.3, 0.4) is 0 Å². The Bertz CT molecular complexity index is 761. The number of rotatable bonds is 3. The van der Waals surface area contributed by atoms with Crippen LogP contribution in [0.25, 0.3) is 0 Å². The predicted molar refractivity (Wildman–Crippen MR) is 103 cm³/mol. The number of nitrogens with zero attached hydrogens (tertiary/aromatic N) is 2. The number of carboxylic acid groups (broad SMARTS) is 1. The molecule has 1 spiro atoms. The summed E-state index contributed by atoms with van der Waals surface area (Å²) in [5.74, 6) is -0.397. The van der Waals surface area contributed by atoms with Gasteiger partial charge in [0.15, 0.2) is 0 Å². The Morgan fingerprint density at radius 2 is 2.15 bits per heavy atom. The third-order valence-electron chi connectivity index (χ3n) is 4.96. The van der Waals surface area contributed by atoms with Crippen molar-refractivity contribution in [2.75, 3.05) is 6.54 Å². The van der Waals surface area contributed by atoms with Crippen molar-refractivity contribution in [2.24, 2.45) is 9.81 Å². The van der Waals surface area contributed by atoms with Crippen LogP contribution in [0.15, 0.2) is 27.1 Å². The molecule has 1 aliphatic heterocycles. The third-order valence-corrected chi connectivity index (χ3v) is 6.98. The lowest BCUT2D eigenvalue weighted by atomic mass is 9.95. The van der Waals surface area contributed by atoms with E-state index in [9.17, 15) is 18.8 Å². The van der Waals surface area contributed by atoms with Crippen LogP contribution < -0.4 is 0 Å². The number of halogens is 2. The zero-order valence-electron chi connectivity index (χ0n) is 15.0. The van der Waals surface area contributed by atoms with E-state index in [-0.39, 0.29) is 11.8 Å². The van der Waals surface area contributed by atoms with Gasteiger partial charge in [0.25, 0.3) is 0 Å². The van der Waals surface area contributed by atoms with Crippen LogP contribution in [0.4, 0.5) is 9.18 Å². The Hall–Kier alpha value is -1.12. The second-order valence-electron chi connectivity index (χ2n) is 7.96. The summed E-state index contributed by atoms with van der Waals surface area (Å²) in [4.78, 5) is 13.1. The molecule has 26 heavy (non-hydrogen) atoms. The van der Waals surface area contributed by atoms with Gasteiger partial charge in [0.05, 0.1) is 16.2 Å². The highest BCUT2D eigenvalue weighted by atomic mass is 79.9. The van der Waals surface area contributed by atoms with E-state index in [1.54, 1.807) is 18.2 Å². The summed E-state index contributed by atoms with van der Waals surface area (Å²) in [5.41, 5.74) is 0.738. The molecule has 2 unspecified atom stereocenters. The van der Waals surface area contributed by atoms with Crippen molar-refractivity contribution in [3.8, 4) is 0 Å². The molecule has 2 aliphatic rings. The van der Waals surface area contributed by atoms with E-state index < -0.39 is 34.1 Å². The minimum absolute atomic E-state index is 0.180. The molecule has 1 aromatic carbocycles. The van der Waals surface area contributed by atoms with Gasteiger partial charge in [-0.3, -0.25) is 4.90 Å². The zero-order chi connectivity index (χ0) is 19.3. The number of amides is 1. The Morgan fingerprint density at radius 3 is 2.69 bits per heavy atom. The van der Waals surface area contributed by atoms with Gasteiger partial charge in [0.1, 0.15) is 21.9 Å². The van der Waals surface area contributed by atoms with Crippen LogP contribution in [0.2, 0.25) is 0 Å². The van der Waals surface area contributed by atoms with Gasteiger partial charge in [-0.15, -0.1) is 0 Å². The molecule has 1 aromatic rings. The van der Waals surface area contributed by atoms with Crippen molar-refractivity contribution in [1.82, 2.24) is 4.90 Å². The fourth-order valence-corrected chi connectivity index (χ4v) is 4.46. The van der Waals surface area contributed by atoms with E-state index in [0.717, 1.165) is 12.8 Å². The molecule has 1 heterocycles. The molecular weight excluding hydrogens is 423 g/mol. The highest BCUT2D eigenvalue weighted by Crippen LogP contribution is 2.54. The minimum atomic E-state index is -1.49. The van der Waals surface area contributed by atoms with E-state index in [2.05, 4.69) is 20.3 Å². The van der Waals surface area contributed by atoms with Gasteiger partial charge in [-0.05, 0) is 61.2 Å². The summed E-state index contributed by atoms with van der Waals surface area (Å²) >= 11 is 1.69. The fourth-order valence-electron chi connectivity index (χ4n) is 3.29. The van der Waals surface area contributed by atoms with Gasteiger partial charge in [-0.25, -0.2) is 9.18 Å². The number of benzene rings is 1. The summed E-state index contributed by atoms with van der Waals surface area (Å²) in [7, 11) is 0. The first kappa shape index (κ1) is 19.6. The summed E-state index contributed by atoms with van der Waals surface area (Å²) in [6.45, 7) is 5.84. The van der Waals surface area contributed by atoms with E-state index in [0.29, 0.717) is 22.3 Å². The van der Waals surface area contributed by atoms with Crippen molar-refractivity contribution in [3.63, 3.8) is 0 Å². The molecule has 0 radical (unpaired) electrons. The van der Waals surface area contributed by atoms with E-state index in [1.807, 2.05) is 20.8 Å². The fraction of sp³-hybridized carbons (Fsp3) is 0.556. The van der Waals surface area contributed by atoms with Gasteiger partial charge < -0.3 is 9.66 Å². The second-order valence-corrected chi connectivity index (χ2v) is 10.7. The Labute approximate surface area is 164 Å². The maximum absolute atomic E-state index is 14.5. The first-order valence-electron chi connectivity index (χ1n) is 8.49. The van der Waals surface area contributed by atoms with Crippen LogP contribution in [0.1, 0.15) is 39.2 Å². The van der Waals surface area contributed by atoms with Crippen molar-refractivity contribution >= 4 is 39.1 Å². The standard InChI is InChI=1S/C18H22BrFN2O3S/c1-17(2,3)26(25)21-15-13(9-11-5-4-6-12(19)14(11)20)22(16(23)24)10-18(15)7-8-18/h4-6,13H,7-10H2,1-3H3,(H,23,24). The molecule has 0 aromatic heterocycles. The molecule has 2 atom stereocenters. The number of carbonyl (C=O) groups is 1. The maximum atomic E-state index is 14.5. The number of likely N-dealkylation sites (tertiary alicyclic amines) is 1. The summed E-state index contributed by atoms with van der Waals surface area (Å²) in [6, 6.07) is 4.38. The molecule has 1 saturated carbocycles. The third kappa shape index (κ3) is 3.64. The van der Waals surface area contributed by atoms with Crippen LogP contribution >= 0.6 is 15.9 Å².